The third-order valence-electron chi connectivity index (χ3n) is 2.01. The van der Waals surface area contributed by atoms with Crippen LogP contribution in [0.3, 0.4) is 0 Å². The number of anilines is 2. The van der Waals surface area contributed by atoms with E-state index in [-0.39, 0.29) is 5.82 Å². The van der Waals surface area contributed by atoms with Gasteiger partial charge in [-0.2, -0.15) is 0 Å². The predicted octanol–water partition coefficient (Wildman–Crippen LogP) is 1.55. The lowest BCUT2D eigenvalue weighted by Crippen LogP contribution is -2.17. The normalized spacial score (nSPS) is 16.5. The van der Waals surface area contributed by atoms with Crippen molar-refractivity contribution in [1.82, 2.24) is 0 Å². The summed E-state index contributed by atoms with van der Waals surface area (Å²) in [5, 5.41) is 1.70. The summed E-state index contributed by atoms with van der Waals surface area (Å²) in [5.74, 6) is -0.319. The zero-order valence-electron chi connectivity index (χ0n) is 7.16. The highest BCUT2D eigenvalue weighted by atomic mass is 19.1. The van der Waals surface area contributed by atoms with Gasteiger partial charge in [0.15, 0.2) is 0 Å². The molecule has 0 atom stereocenters. The summed E-state index contributed by atoms with van der Waals surface area (Å²) in [4.78, 5) is 5.29. The summed E-state index contributed by atoms with van der Waals surface area (Å²) < 4.78 is 12.7. The molecule has 0 aliphatic carbocycles. The molecule has 4 heteroatoms. The van der Waals surface area contributed by atoms with Crippen molar-refractivity contribution < 1.29 is 9.23 Å². The molecule has 1 aliphatic rings. The molecule has 0 bridgehead atoms. The first kappa shape index (κ1) is 8.31. The Morgan fingerprint density at radius 2 is 2.31 bits per heavy atom. The minimum Gasteiger partial charge on any atom is -0.397 e. The van der Waals surface area contributed by atoms with Crippen molar-refractivity contribution >= 4 is 11.4 Å². The van der Waals surface area contributed by atoms with Crippen LogP contribution >= 0.6 is 0 Å². The van der Waals surface area contributed by atoms with E-state index < -0.39 is 0 Å². The van der Waals surface area contributed by atoms with Crippen LogP contribution in [0.2, 0.25) is 0 Å². The van der Waals surface area contributed by atoms with Crippen molar-refractivity contribution in [2.75, 3.05) is 23.9 Å². The van der Waals surface area contributed by atoms with Gasteiger partial charge >= 0.3 is 0 Å². The fourth-order valence-electron chi connectivity index (χ4n) is 1.39. The highest BCUT2D eigenvalue weighted by molar-refractivity contribution is 5.66. The lowest BCUT2D eigenvalue weighted by Gasteiger charge is -2.17. The molecular formula is C9H11FN2O. The molecule has 2 rings (SSSR count). The molecule has 13 heavy (non-hydrogen) atoms. The molecule has 1 saturated heterocycles. The molecule has 0 aromatic heterocycles. The van der Waals surface area contributed by atoms with E-state index in [1.807, 2.05) is 0 Å². The maximum Gasteiger partial charge on any atom is 0.125 e. The third-order valence-corrected chi connectivity index (χ3v) is 2.01. The summed E-state index contributed by atoms with van der Waals surface area (Å²) in [5.41, 5.74) is 6.81. The highest BCUT2D eigenvalue weighted by Crippen LogP contribution is 2.26. The molecule has 3 nitrogen and oxygen atoms in total. The van der Waals surface area contributed by atoms with Gasteiger partial charge in [0, 0.05) is 6.54 Å². The maximum atomic E-state index is 12.7. The molecule has 1 fully saturated rings. The maximum absolute atomic E-state index is 12.7. The second-order valence-electron chi connectivity index (χ2n) is 2.99. The van der Waals surface area contributed by atoms with Gasteiger partial charge in [0.2, 0.25) is 0 Å². The number of halogens is 1. The van der Waals surface area contributed by atoms with E-state index in [9.17, 15) is 4.39 Å². The Morgan fingerprint density at radius 1 is 1.46 bits per heavy atom. The van der Waals surface area contributed by atoms with Gasteiger partial charge in [0.05, 0.1) is 18.0 Å². The van der Waals surface area contributed by atoms with Gasteiger partial charge < -0.3 is 5.73 Å². The number of nitrogens with two attached hydrogens (primary N) is 1. The van der Waals surface area contributed by atoms with Crippen LogP contribution < -0.4 is 10.8 Å². The van der Waals surface area contributed by atoms with E-state index >= 15 is 0 Å². The number of hydroxylamine groups is 1. The van der Waals surface area contributed by atoms with E-state index in [4.69, 9.17) is 10.6 Å². The Kier molecular flexibility index (Phi) is 2.06. The first-order valence-corrected chi connectivity index (χ1v) is 4.23. The molecular weight excluding hydrogens is 171 g/mol. The zero-order valence-corrected chi connectivity index (χ0v) is 7.16. The van der Waals surface area contributed by atoms with Gasteiger partial charge in [-0.25, -0.2) is 4.39 Å². The molecule has 1 aromatic rings. The van der Waals surface area contributed by atoms with Crippen molar-refractivity contribution in [1.29, 1.82) is 0 Å². The van der Waals surface area contributed by atoms with Crippen LogP contribution in [0.4, 0.5) is 15.8 Å². The number of hydrogen-bond donors (Lipinski definition) is 1. The molecule has 1 heterocycles. The fraction of sp³-hybridized carbons (Fsp3) is 0.333. The Morgan fingerprint density at radius 3 is 2.92 bits per heavy atom. The smallest absolute Gasteiger partial charge is 0.125 e. The van der Waals surface area contributed by atoms with Crippen LogP contribution in [-0.4, -0.2) is 13.2 Å². The minimum atomic E-state index is -0.319. The molecule has 0 radical (unpaired) electrons. The van der Waals surface area contributed by atoms with Gasteiger partial charge in [0.25, 0.3) is 0 Å². The number of rotatable bonds is 1. The van der Waals surface area contributed by atoms with E-state index in [2.05, 4.69) is 0 Å². The van der Waals surface area contributed by atoms with Crippen LogP contribution in [-0.2, 0) is 4.84 Å². The average Bonchev–Trinajstić information content (AvgIpc) is 2.56. The SMILES string of the molecule is Nc1cc(F)ccc1N1CCCO1. The molecule has 0 amide bonds. The monoisotopic (exact) mass is 182 g/mol. The minimum absolute atomic E-state index is 0.319. The molecule has 1 aliphatic heterocycles. The highest BCUT2D eigenvalue weighted by Gasteiger charge is 2.15. The van der Waals surface area contributed by atoms with Crippen molar-refractivity contribution in [3.8, 4) is 0 Å². The topological polar surface area (TPSA) is 38.5 Å². The van der Waals surface area contributed by atoms with Gasteiger partial charge in [-0.1, -0.05) is 0 Å². The van der Waals surface area contributed by atoms with Gasteiger partial charge in [-0.3, -0.25) is 9.90 Å². The molecule has 70 valence electrons. The van der Waals surface area contributed by atoms with Gasteiger partial charge in [0.1, 0.15) is 5.82 Å². The summed E-state index contributed by atoms with van der Waals surface area (Å²) in [6.45, 7) is 1.52. The Balaban J connectivity index is 2.29. The molecule has 0 saturated carbocycles. The van der Waals surface area contributed by atoms with Crippen LogP contribution in [0.1, 0.15) is 6.42 Å². The van der Waals surface area contributed by atoms with E-state index in [1.54, 1.807) is 11.1 Å². The largest absolute Gasteiger partial charge is 0.397 e. The summed E-state index contributed by atoms with van der Waals surface area (Å²) in [6.07, 6.45) is 0.983. The number of nitrogens with zero attached hydrogens (tertiary/aromatic N) is 1. The summed E-state index contributed by atoms with van der Waals surface area (Å²) in [6, 6.07) is 4.32. The summed E-state index contributed by atoms with van der Waals surface area (Å²) >= 11 is 0. The van der Waals surface area contributed by atoms with E-state index in [1.165, 1.54) is 12.1 Å². The number of benzene rings is 1. The fourth-order valence-corrected chi connectivity index (χ4v) is 1.39. The Bertz CT molecular complexity index is 310. The lowest BCUT2D eigenvalue weighted by atomic mass is 10.2. The predicted molar refractivity (Wildman–Crippen MR) is 48.7 cm³/mol. The molecule has 2 N–H and O–H groups in total. The molecule has 1 aromatic carbocycles. The second-order valence-corrected chi connectivity index (χ2v) is 2.99. The Hall–Kier alpha value is -1.29. The molecule has 0 spiro atoms. The standard InChI is InChI=1S/C9H11FN2O/c10-7-2-3-9(8(11)6-7)12-4-1-5-13-12/h2-3,6H,1,4-5,11H2. The number of nitrogen functional groups attached to an aromatic ring is 1. The number of hydrogen-bond acceptors (Lipinski definition) is 3. The quantitative estimate of drug-likeness (QED) is 0.670. The lowest BCUT2D eigenvalue weighted by molar-refractivity contribution is 0.168. The van der Waals surface area contributed by atoms with Crippen LogP contribution in [0.25, 0.3) is 0 Å². The van der Waals surface area contributed by atoms with Crippen molar-refractivity contribution in [3.05, 3.63) is 24.0 Å². The van der Waals surface area contributed by atoms with Crippen molar-refractivity contribution in [2.45, 2.75) is 6.42 Å². The van der Waals surface area contributed by atoms with Crippen molar-refractivity contribution in [2.24, 2.45) is 0 Å². The van der Waals surface area contributed by atoms with Crippen LogP contribution in [0.5, 0.6) is 0 Å². The first-order valence-electron chi connectivity index (χ1n) is 4.23. The van der Waals surface area contributed by atoms with Crippen molar-refractivity contribution in [3.63, 3.8) is 0 Å². The van der Waals surface area contributed by atoms with E-state index in [0.717, 1.165) is 18.7 Å². The second kappa shape index (κ2) is 3.22. The third kappa shape index (κ3) is 1.58. The molecule has 0 unspecified atom stereocenters. The zero-order chi connectivity index (χ0) is 9.26. The van der Waals surface area contributed by atoms with Gasteiger partial charge in [-0.15, -0.1) is 0 Å². The Labute approximate surface area is 75.9 Å². The van der Waals surface area contributed by atoms with Gasteiger partial charge in [-0.05, 0) is 24.6 Å². The van der Waals surface area contributed by atoms with Crippen LogP contribution in [0.15, 0.2) is 18.2 Å². The summed E-state index contributed by atoms with van der Waals surface area (Å²) in [7, 11) is 0. The van der Waals surface area contributed by atoms with Crippen LogP contribution in [0, 0.1) is 5.82 Å². The first-order chi connectivity index (χ1) is 6.27. The average molecular weight is 182 g/mol. The van der Waals surface area contributed by atoms with E-state index in [0.29, 0.717) is 12.3 Å².